The lowest BCUT2D eigenvalue weighted by molar-refractivity contribution is -0.275. The maximum absolute atomic E-state index is 11.5. The number of nitrogens with zero attached hydrogens (tertiary/aromatic N) is 1. The normalized spacial score (nSPS) is 12.1. The third-order valence-electron chi connectivity index (χ3n) is 1.54. The van der Waals surface area contributed by atoms with Crippen molar-refractivity contribution in [3.8, 4) is 0 Å². The van der Waals surface area contributed by atoms with Gasteiger partial charge in [-0.05, 0) is 12.1 Å². The number of hydrogen-bond acceptors (Lipinski definition) is 3. The molecule has 0 radical (unpaired) electrons. The third kappa shape index (κ3) is 1.75. The molecule has 14 heavy (non-hydrogen) atoms. The van der Waals surface area contributed by atoms with Crippen molar-refractivity contribution in [3.05, 3.63) is 53.0 Å². The van der Waals surface area contributed by atoms with Crippen molar-refractivity contribution in [2.75, 3.05) is 0 Å². The van der Waals surface area contributed by atoms with Crippen molar-refractivity contribution < 1.29 is 13.5 Å². The van der Waals surface area contributed by atoms with Crippen molar-refractivity contribution >= 4 is 9.84 Å². The highest BCUT2D eigenvalue weighted by atomic mass is 32.2. The SMILES string of the molecule is [C-]#[N+]/C(=C/[O-])S(=O)(=O)c1ccccc1. The van der Waals surface area contributed by atoms with Crippen molar-refractivity contribution in [1.82, 2.24) is 0 Å². The van der Waals surface area contributed by atoms with Gasteiger partial charge in [0.25, 0.3) is 5.03 Å². The summed E-state index contributed by atoms with van der Waals surface area (Å²) >= 11 is 0. The Morgan fingerprint density at radius 3 is 2.36 bits per heavy atom. The summed E-state index contributed by atoms with van der Waals surface area (Å²) in [6, 6.07) is 7.38. The second-order valence-corrected chi connectivity index (χ2v) is 4.28. The van der Waals surface area contributed by atoms with Crippen LogP contribution in [0.15, 0.2) is 46.5 Å². The van der Waals surface area contributed by atoms with Crippen LogP contribution >= 0.6 is 0 Å². The van der Waals surface area contributed by atoms with Crippen molar-refractivity contribution in [2.45, 2.75) is 4.90 Å². The first-order chi connectivity index (χ1) is 6.62. The Morgan fingerprint density at radius 1 is 1.36 bits per heavy atom. The van der Waals surface area contributed by atoms with E-state index < -0.39 is 14.9 Å². The zero-order valence-corrected chi connectivity index (χ0v) is 7.86. The molecule has 0 fully saturated rings. The van der Waals surface area contributed by atoms with Gasteiger partial charge in [-0.15, -0.1) is 6.26 Å². The van der Waals surface area contributed by atoms with Crippen LogP contribution in [0.4, 0.5) is 0 Å². The largest absolute Gasteiger partial charge is 0.886 e. The first-order valence-corrected chi connectivity index (χ1v) is 5.11. The predicted molar refractivity (Wildman–Crippen MR) is 48.3 cm³/mol. The molecule has 0 heterocycles. The predicted octanol–water partition coefficient (Wildman–Crippen LogP) is 0.539. The lowest BCUT2D eigenvalue weighted by Crippen LogP contribution is -2.05. The molecule has 1 aromatic carbocycles. The van der Waals surface area contributed by atoms with E-state index in [2.05, 4.69) is 4.85 Å². The Kier molecular flexibility index (Phi) is 2.89. The highest BCUT2D eigenvalue weighted by molar-refractivity contribution is 7.95. The monoisotopic (exact) mass is 208 g/mol. The molecule has 0 atom stereocenters. The fraction of sp³-hybridized carbons (Fsp3) is 0. The quantitative estimate of drug-likeness (QED) is 0.526. The van der Waals surface area contributed by atoms with Crippen LogP contribution in [0, 0.1) is 6.57 Å². The van der Waals surface area contributed by atoms with E-state index in [4.69, 9.17) is 6.57 Å². The smallest absolute Gasteiger partial charge is 0.267 e. The fourth-order valence-corrected chi connectivity index (χ4v) is 1.87. The van der Waals surface area contributed by atoms with Crippen LogP contribution in [0.2, 0.25) is 0 Å². The molecular formula is C9H6NO3S-. The van der Waals surface area contributed by atoms with Crippen LogP contribution in [0.25, 0.3) is 4.85 Å². The summed E-state index contributed by atoms with van der Waals surface area (Å²) in [5, 5.41) is 9.54. The van der Waals surface area contributed by atoms with E-state index in [0.717, 1.165) is 0 Å². The van der Waals surface area contributed by atoms with Gasteiger partial charge in [-0.3, -0.25) is 0 Å². The summed E-state index contributed by atoms with van der Waals surface area (Å²) in [4.78, 5) is 2.62. The van der Waals surface area contributed by atoms with Gasteiger partial charge in [-0.1, -0.05) is 18.2 Å². The van der Waals surface area contributed by atoms with Gasteiger partial charge in [0, 0.05) is 0 Å². The van der Waals surface area contributed by atoms with Gasteiger partial charge in [-0.2, -0.15) is 0 Å². The maximum Gasteiger partial charge on any atom is 0.267 e. The molecule has 4 nitrogen and oxygen atoms in total. The van der Waals surface area contributed by atoms with Crippen molar-refractivity contribution in [1.29, 1.82) is 0 Å². The van der Waals surface area contributed by atoms with Gasteiger partial charge in [0.2, 0.25) is 9.84 Å². The van der Waals surface area contributed by atoms with Crippen LogP contribution in [-0.2, 0) is 9.84 Å². The van der Waals surface area contributed by atoms with E-state index in [-0.39, 0.29) is 11.2 Å². The van der Waals surface area contributed by atoms with E-state index in [1.165, 1.54) is 24.3 Å². The van der Waals surface area contributed by atoms with Crippen LogP contribution in [0.5, 0.6) is 0 Å². The van der Waals surface area contributed by atoms with E-state index in [1.54, 1.807) is 6.07 Å². The van der Waals surface area contributed by atoms with Crippen molar-refractivity contribution in [2.24, 2.45) is 0 Å². The third-order valence-corrected chi connectivity index (χ3v) is 3.17. The highest BCUT2D eigenvalue weighted by Gasteiger charge is 2.18. The summed E-state index contributed by atoms with van der Waals surface area (Å²) in [5.41, 5.74) is 0. The molecule has 5 heteroatoms. The maximum atomic E-state index is 11.5. The van der Waals surface area contributed by atoms with E-state index >= 15 is 0 Å². The first-order valence-electron chi connectivity index (χ1n) is 3.62. The van der Waals surface area contributed by atoms with E-state index in [0.29, 0.717) is 0 Å². The number of benzene rings is 1. The standard InChI is InChI=1S/C9H7NO3S/c1-10-9(7-11)14(12,13)8-5-3-2-4-6-8/h2-7,11H/p-1/b9-7-. The Hall–Kier alpha value is -1.80. The molecule has 0 amide bonds. The molecule has 0 aliphatic carbocycles. The average molecular weight is 208 g/mol. The molecule has 0 N–H and O–H groups in total. The molecule has 0 saturated carbocycles. The molecular weight excluding hydrogens is 202 g/mol. The Bertz CT molecular complexity index is 483. The lowest BCUT2D eigenvalue weighted by atomic mass is 10.4. The van der Waals surface area contributed by atoms with Crippen molar-refractivity contribution in [3.63, 3.8) is 0 Å². The van der Waals surface area contributed by atoms with Crippen LogP contribution in [-0.4, -0.2) is 8.42 Å². The molecule has 0 aromatic heterocycles. The molecule has 0 spiro atoms. The van der Waals surface area contributed by atoms with Crippen LogP contribution < -0.4 is 5.11 Å². The highest BCUT2D eigenvalue weighted by Crippen LogP contribution is 2.18. The van der Waals surface area contributed by atoms with Gasteiger partial charge >= 0.3 is 0 Å². The summed E-state index contributed by atoms with van der Waals surface area (Å²) in [6.45, 7) is 6.54. The average Bonchev–Trinajstić information content (AvgIpc) is 2.20. The van der Waals surface area contributed by atoms with Gasteiger partial charge in [-0.25, -0.2) is 13.3 Å². The summed E-state index contributed by atoms with van der Waals surface area (Å²) in [7, 11) is -3.91. The van der Waals surface area contributed by atoms with Gasteiger partial charge < -0.3 is 5.11 Å². The topological polar surface area (TPSA) is 61.6 Å². The second kappa shape index (κ2) is 3.94. The zero-order chi connectivity index (χ0) is 10.6. The minimum absolute atomic E-state index is 0.0434. The first kappa shape index (κ1) is 10.3. The van der Waals surface area contributed by atoms with Gasteiger partial charge in [0.15, 0.2) is 0 Å². The zero-order valence-electron chi connectivity index (χ0n) is 7.04. The molecule has 0 unspecified atom stereocenters. The summed E-state index contributed by atoms with van der Waals surface area (Å²) < 4.78 is 23.0. The summed E-state index contributed by atoms with van der Waals surface area (Å²) in [5.74, 6) is 0. The van der Waals surface area contributed by atoms with E-state index in [1.807, 2.05) is 0 Å². The molecule has 0 aliphatic rings. The molecule has 1 aromatic rings. The second-order valence-electron chi connectivity index (χ2n) is 2.38. The number of hydrogen-bond donors (Lipinski definition) is 0. The number of sulfone groups is 1. The van der Waals surface area contributed by atoms with Crippen LogP contribution in [0.1, 0.15) is 0 Å². The summed E-state index contributed by atoms with van der Waals surface area (Å²) in [6.07, 6.45) is 0.0509. The lowest BCUT2D eigenvalue weighted by Gasteiger charge is -2.03. The Labute approximate surface area is 81.9 Å². The molecule has 72 valence electrons. The van der Waals surface area contributed by atoms with Gasteiger partial charge in [0.05, 0.1) is 11.5 Å². The molecule has 0 bridgehead atoms. The minimum Gasteiger partial charge on any atom is -0.886 e. The number of rotatable bonds is 2. The Morgan fingerprint density at radius 2 is 1.93 bits per heavy atom. The van der Waals surface area contributed by atoms with E-state index in [9.17, 15) is 13.5 Å². The van der Waals surface area contributed by atoms with Gasteiger partial charge in [0.1, 0.15) is 0 Å². The Balaban J connectivity index is 3.32. The van der Waals surface area contributed by atoms with Crippen LogP contribution in [0.3, 0.4) is 0 Å². The minimum atomic E-state index is -3.91. The molecule has 0 aliphatic heterocycles. The fourth-order valence-electron chi connectivity index (χ4n) is 0.870. The molecule has 0 saturated heterocycles. The molecule has 1 rings (SSSR count).